The Hall–Kier alpha value is -1.63. The third-order valence-corrected chi connectivity index (χ3v) is 4.70. The van der Waals surface area contributed by atoms with E-state index >= 15 is 0 Å². The first-order valence-corrected chi connectivity index (χ1v) is 8.82. The second-order valence-corrected chi connectivity index (χ2v) is 6.98. The lowest BCUT2D eigenvalue weighted by atomic mass is 9.94. The van der Waals surface area contributed by atoms with Gasteiger partial charge in [0.1, 0.15) is 6.04 Å². The molecule has 7 heteroatoms. The fourth-order valence-electron chi connectivity index (χ4n) is 3.35. The molecule has 7 nitrogen and oxygen atoms in total. The number of nitrogens with zero attached hydrogens (tertiary/aromatic N) is 2. The van der Waals surface area contributed by atoms with Crippen LogP contribution in [-0.2, 0) is 19.1 Å². The molecule has 0 aromatic rings. The summed E-state index contributed by atoms with van der Waals surface area (Å²) in [7, 11) is 0. The zero-order valence-corrected chi connectivity index (χ0v) is 14.9. The second-order valence-electron chi connectivity index (χ2n) is 6.98. The van der Waals surface area contributed by atoms with E-state index in [4.69, 9.17) is 4.74 Å². The predicted octanol–water partition coefficient (Wildman–Crippen LogP) is 0.245. The van der Waals surface area contributed by atoms with Gasteiger partial charge in [-0.25, -0.2) is 0 Å². The minimum Gasteiger partial charge on any atom is -0.378 e. The lowest BCUT2D eigenvalue weighted by molar-refractivity contribution is -0.145. The summed E-state index contributed by atoms with van der Waals surface area (Å²) in [5.74, 6) is -0.307. The Morgan fingerprint density at radius 1 is 1.08 bits per heavy atom. The van der Waals surface area contributed by atoms with Gasteiger partial charge in [-0.3, -0.25) is 14.4 Å². The third-order valence-electron chi connectivity index (χ3n) is 4.70. The number of carbonyl (C=O) groups excluding carboxylic acids is 3. The van der Waals surface area contributed by atoms with Crippen molar-refractivity contribution < 1.29 is 19.1 Å². The minimum atomic E-state index is -0.528. The molecular weight excluding hydrogens is 310 g/mol. The molecular formula is C17H29N3O4. The van der Waals surface area contributed by atoms with Crippen molar-refractivity contribution in [2.45, 2.75) is 39.7 Å². The molecule has 0 unspecified atom stereocenters. The highest BCUT2D eigenvalue weighted by molar-refractivity contribution is 5.88. The van der Waals surface area contributed by atoms with Gasteiger partial charge in [0.15, 0.2) is 0 Å². The van der Waals surface area contributed by atoms with Gasteiger partial charge in [-0.1, -0.05) is 13.8 Å². The first-order chi connectivity index (χ1) is 11.4. The second kappa shape index (κ2) is 8.46. The molecule has 2 heterocycles. The number of likely N-dealkylation sites (tertiary alicyclic amines) is 1. The zero-order chi connectivity index (χ0) is 17.7. The molecule has 2 fully saturated rings. The van der Waals surface area contributed by atoms with Crippen molar-refractivity contribution in [2.24, 2.45) is 11.8 Å². The molecule has 3 amide bonds. The van der Waals surface area contributed by atoms with Gasteiger partial charge >= 0.3 is 0 Å². The molecule has 2 atom stereocenters. The van der Waals surface area contributed by atoms with E-state index in [0.29, 0.717) is 39.4 Å². The van der Waals surface area contributed by atoms with E-state index in [9.17, 15) is 14.4 Å². The van der Waals surface area contributed by atoms with E-state index in [1.165, 1.54) is 6.92 Å². The van der Waals surface area contributed by atoms with E-state index in [1.54, 1.807) is 4.90 Å². The van der Waals surface area contributed by atoms with Gasteiger partial charge < -0.3 is 19.9 Å². The summed E-state index contributed by atoms with van der Waals surface area (Å²) in [5.41, 5.74) is 0. The fourth-order valence-corrected chi connectivity index (χ4v) is 3.35. The van der Waals surface area contributed by atoms with Crippen molar-refractivity contribution in [1.29, 1.82) is 0 Å². The summed E-state index contributed by atoms with van der Waals surface area (Å²) in [5, 5.41) is 2.74. The Balaban J connectivity index is 1.99. The number of morpholine rings is 1. The molecule has 2 saturated heterocycles. The first kappa shape index (κ1) is 18.7. The van der Waals surface area contributed by atoms with Crippen LogP contribution in [0.3, 0.4) is 0 Å². The van der Waals surface area contributed by atoms with E-state index in [-0.39, 0.29) is 29.6 Å². The van der Waals surface area contributed by atoms with E-state index in [1.807, 2.05) is 18.7 Å². The number of carbonyl (C=O) groups is 3. The van der Waals surface area contributed by atoms with Crippen molar-refractivity contribution in [3.05, 3.63) is 0 Å². The van der Waals surface area contributed by atoms with Crippen LogP contribution in [0.15, 0.2) is 0 Å². The molecule has 2 rings (SSSR count). The number of hydrogen-bond donors (Lipinski definition) is 1. The SMILES string of the molecule is CC(=O)N[C@@H](C(=O)N1CCC[C@@H](C(=O)N2CCOCC2)C1)C(C)C. The van der Waals surface area contributed by atoms with Gasteiger partial charge in [-0.2, -0.15) is 0 Å². The summed E-state index contributed by atoms with van der Waals surface area (Å²) in [6.07, 6.45) is 1.63. The van der Waals surface area contributed by atoms with Gasteiger partial charge in [0.2, 0.25) is 17.7 Å². The van der Waals surface area contributed by atoms with Crippen LogP contribution >= 0.6 is 0 Å². The van der Waals surface area contributed by atoms with Crippen LogP contribution < -0.4 is 5.32 Å². The number of hydrogen-bond acceptors (Lipinski definition) is 4. The Morgan fingerprint density at radius 3 is 2.33 bits per heavy atom. The van der Waals surface area contributed by atoms with E-state index in [0.717, 1.165) is 12.8 Å². The summed E-state index contributed by atoms with van der Waals surface area (Å²) < 4.78 is 5.29. The van der Waals surface area contributed by atoms with Crippen LogP contribution in [0.5, 0.6) is 0 Å². The molecule has 0 radical (unpaired) electrons. The van der Waals surface area contributed by atoms with Crippen molar-refractivity contribution >= 4 is 17.7 Å². The Morgan fingerprint density at radius 2 is 1.75 bits per heavy atom. The van der Waals surface area contributed by atoms with Gasteiger partial charge in [0.25, 0.3) is 0 Å². The van der Waals surface area contributed by atoms with Gasteiger partial charge in [0.05, 0.1) is 19.1 Å². The summed E-state index contributed by atoms with van der Waals surface area (Å²) in [6.45, 7) is 8.76. The highest BCUT2D eigenvalue weighted by Gasteiger charge is 2.35. The van der Waals surface area contributed by atoms with Crippen LogP contribution in [-0.4, -0.2) is 73.0 Å². The fraction of sp³-hybridized carbons (Fsp3) is 0.824. The van der Waals surface area contributed by atoms with Crippen molar-refractivity contribution in [3.63, 3.8) is 0 Å². The van der Waals surface area contributed by atoms with Gasteiger partial charge in [-0.15, -0.1) is 0 Å². The van der Waals surface area contributed by atoms with Crippen LogP contribution in [0.4, 0.5) is 0 Å². The lowest BCUT2D eigenvalue weighted by Gasteiger charge is -2.38. The Kier molecular flexibility index (Phi) is 6.60. The number of nitrogens with one attached hydrogen (secondary N) is 1. The van der Waals surface area contributed by atoms with Crippen molar-refractivity contribution in [2.75, 3.05) is 39.4 Å². The summed E-state index contributed by atoms with van der Waals surface area (Å²) >= 11 is 0. The Labute approximate surface area is 143 Å². The molecule has 136 valence electrons. The van der Waals surface area contributed by atoms with Gasteiger partial charge in [-0.05, 0) is 18.8 Å². The maximum absolute atomic E-state index is 12.8. The molecule has 0 spiro atoms. The standard InChI is InChI=1S/C17H29N3O4/c1-12(2)15(18-13(3)21)17(23)20-6-4-5-14(11-20)16(22)19-7-9-24-10-8-19/h12,14-15H,4-11H2,1-3H3,(H,18,21)/t14-,15-/m1/s1. The molecule has 24 heavy (non-hydrogen) atoms. The maximum Gasteiger partial charge on any atom is 0.245 e. The smallest absolute Gasteiger partial charge is 0.245 e. The quantitative estimate of drug-likeness (QED) is 0.796. The third kappa shape index (κ3) is 4.69. The summed E-state index contributed by atoms with van der Waals surface area (Å²) in [6, 6.07) is -0.528. The normalized spacial score (nSPS) is 23.1. The van der Waals surface area contributed by atoms with Crippen molar-refractivity contribution in [1.82, 2.24) is 15.1 Å². The summed E-state index contributed by atoms with van der Waals surface area (Å²) in [4.78, 5) is 40.4. The van der Waals surface area contributed by atoms with Crippen LogP contribution in [0.2, 0.25) is 0 Å². The maximum atomic E-state index is 12.8. The predicted molar refractivity (Wildman–Crippen MR) is 89.1 cm³/mol. The highest BCUT2D eigenvalue weighted by atomic mass is 16.5. The topological polar surface area (TPSA) is 79.0 Å². The van der Waals surface area contributed by atoms with E-state index < -0.39 is 6.04 Å². The monoisotopic (exact) mass is 339 g/mol. The molecule has 0 saturated carbocycles. The molecule has 0 aromatic carbocycles. The molecule has 0 aromatic heterocycles. The Bertz CT molecular complexity index is 474. The van der Waals surface area contributed by atoms with Crippen LogP contribution in [0, 0.1) is 11.8 Å². The molecule has 0 bridgehead atoms. The molecule has 2 aliphatic rings. The number of rotatable bonds is 4. The first-order valence-electron chi connectivity index (χ1n) is 8.82. The molecule has 1 N–H and O–H groups in total. The highest BCUT2D eigenvalue weighted by Crippen LogP contribution is 2.21. The van der Waals surface area contributed by atoms with Gasteiger partial charge in [0, 0.05) is 33.1 Å². The van der Waals surface area contributed by atoms with Crippen molar-refractivity contribution in [3.8, 4) is 0 Å². The molecule has 2 aliphatic heterocycles. The number of ether oxygens (including phenoxy) is 1. The van der Waals surface area contributed by atoms with Crippen LogP contribution in [0.1, 0.15) is 33.6 Å². The number of piperidine rings is 1. The minimum absolute atomic E-state index is 0.0109. The average Bonchev–Trinajstić information content (AvgIpc) is 2.59. The molecule has 0 aliphatic carbocycles. The van der Waals surface area contributed by atoms with Crippen LogP contribution in [0.25, 0.3) is 0 Å². The zero-order valence-electron chi connectivity index (χ0n) is 14.9. The average molecular weight is 339 g/mol. The largest absolute Gasteiger partial charge is 0.378 e. The number of amides is 3. The van der Waals surface area contributed by atoms with E-state index in [2.05, 4.69) is 5.32 Å². The lowest BCUT2D eigenvalue weighted by Crippen LogP contribution is -2.55.